The zero-order valence-corrected chi connectivity index (χ0v) is 9.92. The SMILES string of the molecule is CCCNS(=O)(=O)c1ccccc1CC#N. The molecule has 0 fully saturated rings. The lowest BCUT2D eigenvalue weighted by molar-refractivity contribution is 0.580. The molecule has 1 aromatic carbocycles. The number of hydrogen-bond acceptors (Lipinski definition) is 3. The predicted molar refractivity (Wildman–Crippen MR) is 61.2 cm³/mol. The number of rotatable bonds is 5. The number of benzene rings is 1. The Balaban J connectivity index is 3.08. The second-order valence-electron chi connectivity index (χ2n) is 3.34. The van der Waals surface area contributed by atoms with Gasteiger partial charge in [0.1, 0.15) is 0 Å². The average Bonchev–Trinajstić information content (AvgIpc) is 2.27. The van der Waals surface area contributed by atoms with Crippen molar-refractivity contribution in [1.82, 2.24) is 4.72 Å². The second-order valence-corrected chi connectivity index (χ2v) is 5.08. The molecule has 1 aromatic rings. The van der Waals surface area contributed by atoms with Crippen molar-refractivity contribution in [3.8, 4) is 6.07 Å². The number of sulfonamides is 1. The van der Waals surface area contributed by atoms with Crippen LogP contribution in [0, 0.1) is 11.3 Å². The van der Waals surface area contributed by atoms with E-state index in [0.29, 0.717) is 12.1 Å². The molecule has 0 atom stereocenters. The van der Waals surface area contributed by atoms with Crippen LogP contribution in [0.2, 0.25) is 0 Å². The summed E-state index contributed by atoms with van der Waals surface area (Å²) in [4.78, 5) is 0.199. The van der Waals surface area contributed by atoms with Crippen molar-refractivity contribution in [2.24, 2.45) is 0 Å². The van der Waals surface area contributed by atoms with Crippen LogP contribution in [0.3, 0.4) is 0 Å². The Labute approximate surface area is 96.0 Å². The minimum Gasteiger partial charge on any atom is -0.211 e. The van der Waals surface area contributed by atoms with Gasteiger partial charge in [0.05, 0.1) is 17.4 Å². The van der Waals surface area contributed by atoms with Crippen LogP contribution in [-0.4, -0.2) is 15.0 Å². The van der Waals surface area contributed by atoms with Crippen molar-refractivity contribution in [3.05, 3.63) is 29.8 Å². The normalized spacial score (nSPS) is 11.0. The van der Waals surface area contributed by atoms with Gasteiger partial charge in [0.25, 0.3) is 0 Å². The Morgan fingerprint density at radius 2 is 2.06 bits per heavy atom. The van der Waals surface area contributed by atoms with Gasteiger partial charge < -0.3 is 0 Å². The summed E-state index contributed by atoms with van der Waals surface area (Å²) in [5.41, 5.74) is 0.536. The predicted octanol–water partition coefficient (Wildman–Crippen LogP) is 1.44. The third-order valence-electron chi connectivity index (χ3n) is 2.07. The molecule has 0 radical (unpaired) electrons. The fraction of sp³-hybridized carbons (Fsp3) is 0.364. The van der Waals surface area contributed by atoms with Gasteiger partial charge in [0, 0.05) is 6.54 Å². The number of nitriles is 1. The van der Waals surface area contributed by atoms with Gasteiger partial charge in [-0.1, -0.05) is 25.1 Å². The molecule has 0 heterocycles. The van der Waals surface area contributed by atoms with E-state index < -0.39 is 10.0 Å². The highest BCUT2D eigenvalue weighted by Crippen LogP contribution is 2.15. The van der Waals surface area contributed by atoms with Crippen LogP contribution in [-0.2, 0) is 16.4 Å². The van der Waals surface area contributed by atoms with Crippen LogP contribution in [0.4, 0.5) is 0 Å². The smallest absolute Gasteiger partial charge is 0.211 e. The molecule has 0 aliphatic carbocycles. The fourth-order valence-corrected chi connectivity index (χ4v) is 2.68. The van der Waals surface area contributed by atoms with Crippen molar-refractivity contribution in [3.63, 3.8) is 0 Å². The minimum absolute atomic E-state index is 0.100. The molecule has 0 aliphatic heterocycles. The van der Waals surface area contributed by atoms with E-state index in [4.69, 9.17) is 5.26 Å². The lowest BCUT2D eigenvalue weighted by atomic mass is 10.2. The van der Waals surface area contributed by atoms with Gasteiger partial charge in [-0.05, 0) is 18.1 Å². The zero-order valence-electron chi connectivity index (χ0n) is 9.10. The van der Waals surface area contributed by atoms with E-state index >= 15 is 0 Å². The molecule has 5 heteroatoms. The quantitative estimate of drug-likeness (QED) is 0.843. The fourth-order valence-electron chi connectivity index (χ4n) is 1.31. The Hall–Kier alpha value is -1.38. The van der Waals surface area contributed by atoms with Crippen molar-refractivity contribution in [1.29, 1.82) is 5.26 Å². The highest BCUT2D eigenvalue weighted by atomic mass is 32.2. The van der Waals surface area contributed by atoms with Gasteiger partial charge in [-0.25, -0.2) is 13.1 Å². The molecule has 0 bridgehead atoms. The molecule has 0 saturated carbocycles. The molecule has 4 nitrogen and oxygen atoms in total. The first-order valence-electron chi connectivity index (χ1n) is 5.06. The lowest BCUT2D eigenvalue weighted by Crippen LogP contribution is -2.25. The molecule has 16 heavy (non-hydrogen) atoms. The summed E-state index contributed by atoms with van der Waals surface area (Å²) in [7, 11) is -3.48. The first-order valence-corrected chi connectivity index (χ1v) is 6.54. The molecular formula is C11H14N2O2S. The van der Waals surface area contributed by atoms with Crippen molar-refractivity contribution >= 4 is 10.0 Å². The van der Waals surface area contributed by atoms with Crippen molar-refractivity contribution in [2.45, 2.75) is 24.7 Å². The molecule has 86 valence electrons. The Morgan fingerprint density at radius 3 is 2.69 bits per heavy atom. The number of nitrogens with one attached hydrogen (secondary N) is 1. The molecule has 1 N–H and O–H groups in total. The Bertz CT molecular complexity index is 489. The minimum atomic E-state index is -3.48. The topological polar surface area (TPSA) is 70.0 Å². The van der Waals surface area contributed by atoms with E-state index in [1.165, 1.54) is 6.07 Å². The molecular weight excluding hydrogens is 224 g/mol. The summed E-state index contributed by atoms with van der Waals surface area (Å²) >= 11 is 0. The zero-order chi connectivity index (χ0) is 12.0. The van der Waals surface area contributed by atoms with Gasteiger partial charge in [0.2, 0.25) is 10.0 Å². The molecule has 0 saturated heterocycles. The number of nitrogens with zero attached hydrogens (tertiary/aromatic N) is 1. The first-order chi connectivity index (χ1) is 7.61. The third kappa shape index (κ3) is 3.05. The lowest BCUT2D eigenvalue weighted by Gasteiger charge is -2.08. The van der Waals surface area contributed by atoms with Gasteiger partial charge in [-0.3, -0.25) is 0 Å². The molecule has 0 amide bonds. The van der Waals surface area contributed by atoms with E-state index in [0.717, 1.165) is 6.42 Å². The maximum Gasteiger partial charge on any atom is 0.240 e. The third-order valence-corrected chi connectivity index (χ3v) is 3.64. The molecule has 1 rings (SSSR count). The van der Waals surface area contributed by atoms with Gasteiger partial charge >= 0.3 is 0 Å². The van der Waals surface area contributed by atoms with Crippen molar-refractivity contribution in [2.75, 3.05) is 6.54 Å². The van der Waals surface area contributed by atoms with Crippen LogP contribution in [0.15, 0.2) is 29.2 Å². The highest BCUT2D eigenvalue weighted by Gasteiger charge is 2.16. The monoisotopic (exact) mass is 238 g/mol. The van der Waals surface area contributed by atoms with E-state index in [1.54, 1.807) is 18.2 Å². The summed E-state index contributed by atoms with van der Waals surface area (Å²) in [6.07, 6.45) is 0.836. The van der Waals surface area contributed by atoms with Crippen molar-refractivity contribution < 1.29 is 8.42 Å². The number of hydrogen-bond donors (Lipinski definition) is 1. The maximum atomic E-state index is 11.9. The van der Waals surface area contributed by atoms with Gasteiger partial charge in [-0.15, -0.1) is 0 Å². The van der Waals surface area contributed by atoms with E-state index in [2.05, 4.69) is 4.72 Å². The summed E-state index contributed by atoms with van der Waals surface area (Å²) in [5.74, 6) is 0. The molecule has 0 spiro atoms. The maximum absolute atomic E-state index is 11.9. The van der Waals surface area contributed by atoms with Crippen LogP contribution < -0.4 is 4.72 Å². The summed E-state index contributed by atoms with van der Waals surface area (Å²) in [6.45, 7) is 2.30. The second kappa shape index (κ2) is 5.64. The van der Waals surface area contributed by atoms with Crippen LogP contribution >= 0.6 is 0 Å². The van der Waals surface area contributed by atoms with Crippen LogP contribution in [0.5, 0.6) is 0 Å². The average molecular weight is 238 g/mol. The molecule has 0 unspecified atom stereocenters. The Kier molecular flexibility index (Phi) is 4.47. The first kappa shape index (κ1) is 12.7. The summed E-state index contributed by atoms with van der Waals surface area (Å²) in [5, 5.41) is 8.62. The van der Waals surface area contributed by atoms with Gasteiger partial charge in [-0.2, -0.15) is 5.26 Å². The summed E-state index contributed by atoms with van der Waals surface area (Å²) in [6, 6.07) is 8.52. The van der Waals surface area contributed by atoms with E-state index in [-0.39, 0.29) is 11.3 Å². The standard InChI is InChI=1S/C11H14N2O2S/c1-2-9-13-16(14,15)11-6-4-3-5-10(11)7-8-12/h3-6,13H,2,7,9H2,1H3. The van der Waals surface area contributed by atoms with E-state index in [1.807, 2.05) is 13.0 Å². The largest absolute Gasteiger partial charge is 0.240 e. The van der Waals surface area contributed by atoms with Crippen LogP contribution in [0.1, 0.15) is 18.9 Å². The summed E-state index contributed by atoms with van der Waals surface area (Å²) < 4.78 is 26.2. The highest BCUT2D eigenvalue weighted by molar-refractivity contribution is 7.89. The van der Waals surface area contributed by atoms with Crippen LogP contribution in [0.25, 0.3) is 0 Å². The molecule has 0 aliphatic rings. The van der Waals surface area contributed by atoms with E-state index in [9.17, 15) is 8.42 Å². The Morgan fingerprint density at radius 1 is 1.38 bits per heavy atom. The van der Waals surface area contributed by atoms with Gasteiger partial charge in [0.15, 0.2) is 0 Å². The molecule has 0 aromatic heterocycles.